The predicted octanol–water partition coefficient (Wildman–Crippen LogP) is 3.58. The summed E-state index contributed by atoms with van der Waals surface area (Å²) in [6, 6.07) is 11.3. The molecule has 5 heteroatoms. The van der Waals surface area contributed by atoms with Crippen LogP contribution < -0.4 is 4.90 Å². The van der Waals surface area contributed by atoms with Gasteiger partial charge < -0.3 is 9.64 Å². The fraction of sp³-hybridized carbons (Fsp3) is 0.333. The van der Waals surface area contributed by atoms with Gasteiger partial charge in [0.2, 0.25) is 5.91 Å². The van der Waals surface area contributed by atoms with E-state index in [4.69, 9.17) is 4.74 Å². The minimum Gasteiger partial charge on any atom is -0.469 e. The lowest BCUT2D eigenvalue weighted by atomic mass is 9.83. The highest BCUT2D eigenvalue weighted by molar-refractivity contribution is 7.10. The molecule has 2 atom stereocenters. The van der Waals surface area contributed by atoms with Crippen molar-refractivity contribution in [3.63, 3.8) is 0 Å². The van der Waals surface area contributed by atoms with Crippen molar-refractivity contribution in [3.05, 3.63) is 52.2 Å². The molecule has 1 aromatic heterocycles. The number of hydrogen-bond acceptors (Lipinski definition) is 4. The molecule has 0 spiro atoms. The highest BCUT2D eigenvalue weighted by Crippen LogP contribution is 2.44. The highest BCUT2D eigenvalue weighted by Gasteiger charge is 2.41. The third-order valence-electron chi connectivity index (χ3n) is 4.31. The molecule has 0 fully saturated rings. The van der Waals surface area contributed by atoms with Gasteiger partial charge in [-0.1, -0.05) is 18.2 Å². The molecular formula is C18H19NO3S. The number of anilines is 1. The van der Waals surface area contributed by atoms with Crippen molar-refractivity contribution in [2.45, 2.75) is 25.8 Å². The van der Waals surface area contributed by atoms with E-state index in [0.29, 0.717) is 6.42 Å². The molecule has 0 N–H and O–H groups in total. The van der Waals surface area contributed by atoms with E-state index < -0.39 is 0 Å². The third kappa shape index (κ3) is 2.88. The minimum absolute atomic E-state index is 0.0728. The Morgan fingerprint density at radius 2 is 1.96 bits per heavy atom. The van der Waals surface area contributed by atoms with Crippen molar-refractivity contribution >= 4 is 28.9 Å². The maximum absolute atomic E-state index is 12.4. The van der Waals surface area contributed by atoms with E-state index in [1.807, 2.05) is 35.7 Å². The Hall–Kier alpha value is -2.14. The summed E-state index contributed by atoms with van der Waals surface area (Å²) in [4.78, 5) is 27.5. The third-order valence-corrected chi connectivity index (χ3v) is 5.34. The van der Waals surface area contributed by atoms with Gasteiger partial charge in [0.1, 0.15) is 0 Å². The Kier molecular flexibility index (Phi) is 4.48. The second-order valence-electron chi connectivity index (χ2n) is 5.65. The smallest absolute Gasteiger partial charge is 0.311 e. The first-order valence-electron chi connectivity index (χ1n) is 7.62. The van der Waals surface area contributed by atoms with Crippen LogP contribution in [0.15, 0.2) is 41.8 Å². The van der Waals surface area contributed by atoms with Crippen molar-refractivity contribution in [3.8, 4) is 0 Å². The van der Waals surface area contributed by atoms with Crippen molar-refractivity contribution in [2.24, 2.45) is 5.92 Å². The number of esters is 1. The lowest BCUT2D eigenvalue weighted by Gasteiger charge is -2.38. The summed E-state index contributed by atoms with van der Waals surface area (Å²) in [6.45, 7) is 1.54. The Labute approximate surface area is 139 Å². The summed E-state index contributed by atoms with van der Waals surface area (Å²) in [5.74, 6) is -0.664. The number of ether oxygens (including phenoxy) is 1. The molecule has 1 heterocycles. The molecule has 4 nitrogen and oxygen atoms in total. The summed E-state index contributed by atoms with van der Waals surface area (Å²) in [5.41, 5.74) is 2.03. The highest BCUT2D eigenvalue weighted by atomic mass is 32.1. The summed E-state index contributed by atoms with van der Waals surface area (Å²) < 4.78 is 5.01. The number of hydrogen-bond donors (Lipinski definition) is 0. The maximum atomic E-state index is 12.4. The number of nitrogens with zero attached hydrogens (tertiary/aromatic N) is 1. The standard InChI is InChI=1S/C18H19NO3S/c1-12(20)19(14-6-4-3-5-7-14)16-15(18(21)22-2)9-8-13-10-11-23-17(13)16/h3-7,10-11,15-16H,8-9H2,1-2H3. The molecule has 23 heavy (non-hydrogen) atoms. The second kappa shape index (κ2) is 6.54. The summed E-state index contributed by atoms with van der Waals surface area (Å²) in [6.07, 6.45) is 1.54. The maximum Gasteiger partial charge on any atom is 0.311 e. The largest absolute Gasteiger partial charge is 0.469 e. The van der Waals surface area contributed by atoms with Crippen LogP contribution in [0.3, 0.4) is 0 Å². The van der Waals surface area contributed by atoms with Gasteiger partial charge in [0.25, 0.3) is 0 Å². The number of benzene rings is 1. The Morgan fingerprint density at radius 1 is 1.22 bits per heavy atom. The fourth-order valence-electron chi connectivity index (χ4n) is 3.29. The van der Waals surface area contributed by atoms with E-state index in [0.717, 1.165) is 17.0 Å². The lowest BCUT2D eigenvalue weighted by Crippen LogP contribution is -2.42. The molecule has 0 bridgehead atoms. The topological polar surface area (TPSA) is 46.6 Å². The molecular weight excluding hydrogens is 310 g/mol. The zero-order valence-corrected chi connectivity index (χ0v) is 14.0. The van der Waals surface area contributed by atoms with Crippen molar-refractivity contribution < 1.29 is 14.3 Å². The van der Waals surface area contributed by atoms with Gasteiger partial charge in [-0.05, 0) is 42.0 Å². The first kappa shape index (κ1) is 15.7. The predicted molar refractivity (Wildman–Crippen MR) is 90.5 cm³/mol. The Morgan fingerprint density at radius 3 is 2.61 bits per heavy atom. The number of thiophene rings is 1. The SMILES string of the molecule is COC(=O)C1CCc2ccsc2C1N(C(C)=O)c1ccccc1. The van der Waals surface area contributed by atoms with Crippen LogP contribution in [0.4, 0.5) is 5.69 Å². The number of rotatable bonds is 3. The molecule has 1 aliphatic rings. The van der Waals surface area contributed by atoms with Crippen LogP contribution in [0.1, 0.15) is 29.8 Å². The van der Waals surface area contributed by atoms with E-state index in [9.17, 15) is 9.59 Å². The van der Waals surface area contributed by atoms with Crippen molar-refractivity contribution in [1.82, 2.24) is 0 Å². The van der Waals surface area contributed by atoms with Crippen LogP contribution in [0.2, 0.25) is 0 Å². The molecule has 0 radical (unpaired) electrons. The minimum atomic E-state index is -0.338. The molecule has 0 saturated carbocycles. The lowest BCUT2D eigenvalue weighted by molar-refractivity contribution is -0.146. The number of amides is 1. The molecule has 120 valence electrons. The van der Waals surface area contributed by atoms with Crippen LogP contribution in [-0.4, -0.2) is 19.0 Å². The van der Waals surface area contributed by atoms with Gasteiger partial charge in [-0.15, -0.1) is 11.3 Å². The van der Waals surface area contributed by atoms with E-state index >= 15 is 0 Å². The molecule has 1 aliphatic carbocycles. The quantitative estimate of drug-likeness (QED) is 0.809. The molecule has 3 rings (SSSR count). The fourth-order valence-corrected chi connectivity index (χ4v) is 4.40. The van der Waals surface area contributed by atoms with Gasteiger partial charge in [0.15, 0.2) is 0 Å². The van der Waals surface area contributed by atoms with E-state index in [2.05, 4.69) is 6.07 Å². The monoisotopic (exact) mass is 329 g/mol. The summed E-state index contributed by atoms with van der Waals surface area (Å²) >= 11 is 1.60. The molecule has 1 aromatic carbocycles. The number of carbonyl (C=O) groups excluding carboxylic acids is 2. The molecule has 1 amide bonds. The van der Waals surface area contributed by atoms with Gasteiger partial charge in [-0.3, -0.25) is 9.59 Å². The van der Waals surface area contributed by atoms with Gasteiger partial charge in [0.05, 0.1) is 19.1 Å². The van der Waals surface area contributed by atoms with Crippen LogP contribution in [0.25, 0.3) is 0 Å². The first-order chi connectivity index (χ1) is 11.1. The average Bonchev–Trinajstić information content (AvgIpc) is 3.04. The van der Waals surface area contributed by atoms with Crippen LogP contribution in [0, 0.1) is 5.92 Å². The zero-order valence-electron chi connectivity index (χ0n) is 13.2. The van der Waals surface area contributed by atoms with Gasteiger partial charge in [-0.25, -0.2) is 0 Å². The number of aryl methyl sites for hydroxylation is 1. The molecule has 0 aliphatic heterocycles. The number of methoxy groups -OCH3 is 1. The summed E-state index contributed by atoms with van der Waals surface area (Å²) in [5, 5.41) is 2.03. The van der Waals surface area contributed by atoms with Gasteiger partial charge in [0, 0.05) is 17.5 Å². The van der Waals surface area contributed by atoms with E-state index in [-0.39, 0.29) is 23.8 Å². The van der Waals surface area contributed by atoms with Crippen LogP contribution in [0.5, 0.6) is 0 Å². The first-order valence-corrected chi connectivity index (χ1v) is 8.50. The molecule has 2 unspecified atom stereocenters. The number of carbonyl (C=O) groups is 2. The summed E-state index contributed by atoms with van der Waals surface area (Å²) in [7, 11) is 1.41. The second-order valence-corrected chi connectivity index (χ2v) is 6.60. The van der Waals surface area contributed by atoms with E-state index in [1.54, 1.807) is 23.2 Å². The number of para-hydroxylation sites is 1. The Bertz CT molecular complexity index is 710. The normalized spacial score (nSPS) is 19.7. The van der Waals surface area contributed by atoms with Crippen LogP contribution >= 0.6 is 11.3 Å². The van der Waals surface area contributed by atoms with Crippen molar-refractivity contribution in [2.75, 3.05) is 12.0 Å². The van der Waals surface area contributed by atoms with Crippen LogP contribution in [-0.2, 0) is 20.7 Å². The van der Waals surface area contributed by atoms with E-state index in [1.165, 1.54) is 12.7 Å². The number of fused-ring (bicyclic) bond motifs is 1. The Balaban J connectivity index is 2.11. The molecule has 0 saturated heterocycles. The van der Waals surface area contributed by atoms with Crippen molar-refractivity contribution in [1.29, 1.82) is 0 Å². The van der Waals surface area contributed by atoms with Gasteiger partial charge >= 0.3 is 5.97 Å². The molecule has 2 aromatic rings. The average molecular weight is 329 g/mol. The van der Waals surface area contributed by atoms with Gasteiger partial charge in [-0.2, -0.15) is 0 Å². The zero-order chi connectivity index (χ0) is 16.4.